The number of amidine groups is 1. The molecule has 5 heteroatoms. The van der Waals surface area contributed by atoms with Crippen molar-refractivity contribution < 1.29 is 14.7 Å². The summed E-state index contributed by atoms with van der Waals surface area (Å²) in [7, 11) is 0. The van der Waals surface area contributed by atoms with Crippen molar-refractivity contribution in [3.8, 4) is 0 Å². The van der Waals surface area contributed by atoms with Gasteiger partial charge in [0.2, 0.25) is 0 Å². The van der Waals surface area contributed by atoms with Crippen LogP contribution in [0, 0.1) is 0 Å². The Morgan fingerprint density at radius 3 is 2.67 bits per heavy atom. The quantitative estimate of drug-likeness (QED) is 0.280. The summed E-state index contributed by atoms with van der Waals surface area (Å²) < 4.78 is 0. The molecule has 0 saturated heterocycles. The van der Waals surface area contributed by atoms with Crippen LogP contribution in [0.5, 0.6) is 0 Å². The number of carbonyl (C=O) groups excluding carboxylic acids is 1. The largest absolute Gasteiger partial charge is 0.480 e. The molecule has 3 N–H and O–H groups in total. The molecule has 0 bridgehead atoms. The van der Waals surface area contributed by atoms with Crippen molar-refractivity contribution in [3.05, 3.63) is 0 Å². The van der Waals surface area contributed by atoms with Crippen molar-refractivity contribution in [3.63, 3.8) is 0 Å². The summed E-state index contributed by atoms with van der Waals surface area (Å²) in [6, 6.07) is 0. The highest BCUT2D eigenvalue weighted by Crippen LogP contribution is 1.68. The Hall–Kier alpha value is -1.39. The maximum absolute atomic E-state index is 9.74. The average Bonchev–Trinajstić information content (AvgIpc) is 1.83. The Bertz CT molecular complexity index is 152. The monoisotopic (exact) mass is 130 g/mol. The van der Waals surface area contributed by atoms with Gasteiger partial charge in [0.05, 0.1) is 0 Å². The second kappa shape index (κ2) is 3.59. The van der Waals surface area contributed by atoms with Gasteiger partial charge in [-0.2, -0.15) is 0 Å². The third-order valence-electron chi connectivity index (χ3n) is 0.518. The molecule has 0 saturated carbocycles. The fourth-order valence-corrected chi connectivity index (χ4v) is 0.196. The van der Waals surface area contributed by atoms with Crippen molar-refractivity contribution in [1.29, 1.82) is 0 Å². The van der Waals surface area contributed by atoms with Gasteiger partial charge in [-0.1, -0.05) is 0 Å². The second-order valence-electron chi connectivity index (χ2n) is 1.25. The van der Waals surface area contributed by atoms with Gasteiger partial charge in [-0.15, -0.1) is 0 Å². The van der Waals surface area contributed by atoms with Crippen molar-refractivity contribution in [1.82, 2.24) is 0 Å². The number of aliphatic imine (C=N–C) groups is 1. The number of hydrogen-bond donors (Lipinski definition) is 2. The lowest BCUT2D eigenvalue weighted by Crippen LogP contribution is -2.15. The zero-order chi connectivity index (χ0) is 7.28. The maximum Gasteiger partial charge on any atom is 0.325 e. The molecule has 0 aliphatic heterocycles. The van der Waals surface area contributed by atoms with Crippen LogP contribution in [0.4, 0.5) is 0 Å². The lowest BCUT2D eigenvalue weighted by atomic mass is 10.6. The number of hydrogen-bond acceptors (Lipinski definition) is 3. The molecule has 0 aromatic rings. The number of nitrogens with zero attached hydrogens (tertiary/aromatic N) is 1. The molecule has 0 heterocycles. The first kappa shape index (κ1) is 7.61. The van der Waals surface area contributed by atoms with Gasteiger partial charge in [-0.05, 0) is 0 Å². The van der Waals surface area contributed by atoms with Gasteiger partial charge in [0.1, 0.15) is 6.54 Å². The SMILES string of the molecule is NC(C=O)=NCC(=O)O. The van der Waals surface area contributed by atoms with Crippen molar-refractivity contribution in [2.45, 2.75) is 0 Å². The molecule has 0 atom stereocenters. The van der Waals surface area contributed by atoms with Crippen LogP contribution in [0.15, 0.2) is 4.99 Å². The van der Waals surface area contributed by atoms with E-state index >= 15 is 0 Å². The molecular weight excluding hydrogens is 124 g/mol. The van der Waals surface area contributed by atoms with Gasteiger partial charge in [0.15, 0.2) is 12.1 Å². The minimum atomic E-state index is -1.11. The van der Waals surface area contributed by atoms with E-state index in [-0.39, 0.29) is 5.84 Å². The van der Waals surface area contributed by atoms with E-state index in [0.717, 1.165) is 0 Å². The van der Waals surface area contributed by atoms with Crippen molar-refractivity contribution in [2.75, 3.05) is 6.54 Å². The van der Waals surface area contributed by atoms with Crippen LogP contribution >= 0.6 is 0 Å². The van der Waals surface area contributed by atoms with E-state index in [2.05, 4.69) is 4.99 Å². The molecule has 0 radical (unpaired) electrons. The summed E-state index contributed by atoms with van der Waals surface area (Å²) in [6.07, 6.45) is 0.295. The topological polar surface area (TPSA) is 92.8 Å². The Balaban J connectivity index is 3.69. The molecule has 0 aliphatic rings. The fourth-order valence-electron chi connectivity index (χ4n) is 0.196. The molecule has 0 aromatic heterocycles. The first-order chi connectivity index (χ1) is 4.16. The van der Waals surface area contributed by atoms with Gasteiger partial charge < -0.3 is 10.8 Å². The maximum atomic E-state index is 9.74. The Morgan fingerprint density at radius 2 is 2.33 bits per heavy atom. The molecule has 0 fully saturated rings. The van der Waals surface area contributed by atoms with E-state index in [1.165, 1.54) is 0 Å². The number of carboxylic acid groups (broad SMARTS) is 1. The summed E-state index contributed by atoms with van der Waals surface area (Å²) in [6.45, 7) is -0.454. The Labute approximate surface area is 51.2 Å². The highest BCUT2D eigenvalue weighted by molar-refractivity contribution is 6.26. The van der Waals surface area contributed by atoms with Crippen LogP contribution < -0.4 is 5.73 Å². The summed E-state index contributed by atoms with van der Waals surface area (Å²) >= 11 is 0. The summed E-state index contributed by atoms with van der Waals surface area (Å²) in [5.74, 6) is -1.41. The summed E-state index contributed by atoms with van der Waals surface area (Å²) in [5.41, 5.74) is 4.84. The Morgan fingerprint density at radius 1 is 1.78 bits per heavy atom. The summed E-state index contributed by atoms with van der Waals surface area (Å²) in [4.78, 5) is 22.6. The minimum Gasteiger partial charge on any atom is -0.480 e. The average molecular weight is 130 g/mol. The molecule has 9 heavy (non-hydrogen) atoms. The van der Waals surface area contributed by atoms with E-state index < -0.39 is 12.5 Å². The van der Waals surface area contributed by atoms with Gasteiger partial charge in [0.25, 0.3) is 0 Å². The predicted octanol–water partition coefficient (Wildman–Crippen LogP) is -1.37. The van der Waals surface area contributed by atoms with Crippen LogP contribution in [0.3, 0.4) is 0 Å². The zero-order valence-corrected chi connectivity index (χ0v) is 4.57. The van der Waals surface area contributed by atoms with E-state index in [0.29, 0.717) is 6.29 Å². The standard InChI is InChI=1S/C4H6N2O3/c5-3(2-7)6-1-4(8)9/h2H,1H2,(H2,5,6)(H,8,9). The van der Waals surface area contributed by atoms with E-state index in [4.69, 9.17) is 10.8 Å². The normalized spacial score (nSPS) is 10.9. The van der Waals surface area contributed by atoms with E-state index in [1.54, 1.807) is 0 Å². The van der Waals surface area contributed by atoms with Gasteiger partial charge in [-0.25, -0.2) is 0 Å². The highest BCUT2D eigenvalue weighted by Gasteiger charge is 1.92. The lowest BCUT2D eigenvalue weighted by molar-refractivity contribution is -0.135. The van der Waals surface area contributed by atoms with Crippen LogP contribution in [-0.4, -0.2) is 29.7 Å². The molecule has 0 unspecified atom stereocenters. The number of aliphatic carboxylic acids is 1. The van der Waals surface area contributed by atoms with Crippen molar-refractivity contribution in [2.24, 2.45) is 10.7 Å². The molecule has 0 amide bonds. The lowest BCUT2D eigenvalue weighted by Gasteiger charge is -1.84. The summed E-state index contributed by atoms with van der Waals surface area (Å²) in [5, 5.41) is 7.98. The molecule has 50 valence electrons. The Kier molecular flexibility index (Phi) is 3.04. The third kappa shape index (κ3) is 4.46. The zero-order valence-electron chi connectivity index (χ0n) is 4.57. The molecule has 0 spiro atoms. The van der Waals surface area contributed by atoms with Crippen LogP contribution in [0.25, 0.3) is 0 Å². The van der Waals surface area contributed by atoms with Gasteiger partial charge >= 0.3 is 5.97 Å². The van der Waals surface area contributed by atoms with Crippen LogP contribution in [0.1, 0.15) is 0 Å². The number of aldehydes is 1. The number of carboxylic acids is 1. The molecule has 0 aromatic carbocycles. The van der Waals surface area contributed by atoms with Gasteiger partial charge in [-0.3, -0.25) is 14.6 Å². The molecule has 5 nitrogen and oxygen atoms in total. The fraction of sp³-hybridized carbons (Fsp3) is 0.250. The third-order valence-corrected chi connectivity index (χ3v) is 0.518. The van der Waals surface area contributed by atoms with Crippen LogP contribution in [-0.2, 0) is 9.59 Å². The molecule has 0 aliphatic carbocycles. The second-order valence-corrected chi connectivity index (χ2v) is 1.25. The molecular formula is C4H6N2O3. The smallest absolute Gasteiger partial charge is 0.325 e. The minimum absolute atomic E-state index is 0.294. The van der Waals surface area contributed by atoms with E-state index in [9.17, 15) is 9.59 Å². The first-order valence-corrected chi connectivity index (χ1v) is 2.13. The predicted molar refractivity (Wildman–Crippen MR) is 30.2 cm³/mol. The first-order valence-electron chi connectivity index (χ1n) is 2.13. The number of nitrogens with two attached hydrogens (primary N) is 1. The van der Waals surface area contributed by atoms with E-state index in [1.807, 2.05) is 0 Å². The highest BCUT2D eigenvalue weighted by atomic mass is 16.4. The van der Waals surface area contributed by atoms with Gasteiger partial charge in [0, 0.05) is 0 Å². The number of carbonyl (C=O) groups is 2. The molecule has 0 rings (SSSR count). The number of rotatable bonds is 3. The van der Waals surface area contributed by atoms with Crippen LogP contribution in [0.2, 0.25) is 0 Å². The van der Waals surface area contributed by atoms with Crippen molar-refractivity contribution >= 4 is 18.1 Å².